The first-order valence-electron chi connectivity index (χ1n) is 8.17. The van der Waals surface area contributed by atoms with E-state index in [9.17, 15) is 0 Å². The van der Waals surface area contributed by atoms with Crippen LogP contribution in [0.3, 0.4) is 0 Å². The van der Waals surface area contributed by atoms with Gasteiger partial charge in [0.25, 0.3) is 0 Å². The van der Waals surface area contributed by atoms with Gasteiger partial charge in [0.2, 0.25) is 0 Å². The lowest BCUT2D eigenvalue weighted by atomic mass is 10.0. The van der Waals surface area contributed by atoms with Gasteiger partial charge in [-0.2, -0.15) is 5.26 Å². The Morgan fingerprint density at radius 2 is 1.79 bits per heavy atom. The first-order valence-corrected chi connectivity index (χ1v) is 8.17. The van der Waals surface area contributed by atoms with Crippen LogP contribution in [-0.4, -0.2) is 27.5 Å². The van der Waals surface area contributed by atoms with E-state index in [2.05, 4.69) is 70.5 Å². The topological polar surface area (TPSA) is 44.9 Å². The molecule has 4 nitrogen and oxygen atoms in total. The normalized spacial score (nSPS) is 17.0. The second-order valence-electron chi connectivity index (χ2n) is 6.14. The molecule has 4 rings (SSSR count). The molecule has 118 valence electrons. The average Bonchev–Trinajstić information content (AvgIpc) is 3.32. The van der Waals surface area contributed by atoms with Gasteiger partial charge in [-0.25, -0.2) is 4.98 Å². The van der Waals surface area contributed by atoms with Crippen molar-refractivity contribution in [3.63, 3.8) is 0 Å². The van der Waals surface area contributed by atoms with E-state index in [-0.39, 0.29) is 0 Å². The molecule has 0 saturated carbocycles. The molecule has 1 fully saturated rings. The zero-order valence-corrected chi connectivity index (χ0v) is 13.3. The van der Waals surface area contributed by atoms with E-state index in [1.807, 2.05) is 12.4 Å². The van der Waals surface area contributed by atoms with E-state index < -0.39 is 0 Å². The largest absolute Gasteiger partial charge is 0.332 e. The lowest BCUT2D eigenvalue weighted by Gasteiger charge is -2.10. The summed E-state index contributed by atoms with van der Waals surface area (Å²) in [6, 6.07) is 19.2. The second kappa shape index (κ2) is 6.21. The molecule has 1 aliphatic rings. The van der Waals surface area contributed by atoms with E-state index >= 15 is 0 Å². The minimum absolute atomic E-state index is 0.336. The fraction of sp³-hybridized carbons (Fsp3) is 0.200. The summed E-state index contributed by atoms with van der Waals surface area (Å²) in [5.74, 6) is 0. The highest BCUT2D eigenvalue weighted by atomic mass is 15.2. The van der Waals surface area contributed by atoms with Crippen molar-refractivity contribution in [2.45, 2.75) is 12.5 Å². The Balaban J connectivity index is 1.60. The fourth-order valence-corrected chi connectivity index (χ4v) is 3.25. The highest BCUT2D eigenvalue weighted by Gasteiger charge is 2.23. The van der Waals surface area contributed by atoms with E-state index in [0.29, 0.717) is 6.04 Å². The van der Waals surface area contributed by atoms with Crippen LogP contribution in [0, 0.1) is 11.5 Å². The molecule has 0 N–H and O–H groups in total. The molecule has 0 radical (unpaired) electrons. The molecular formula is C20H18N4. The van der Waals surface area contributed by atoms with Gasteiger partial charge in [-0.1, -0.05) is 48.5 Å². The SMILES string of the molecule is N#CN1CCC(n2cnc(-c3cccc(-c4ccccc4)c3)c2)C1. The Kier molecular flexibility index (Phi) is 3.76. The van der Waals surface area contributed by atoms with Crippen LogP contribution in [0.5, 0.6) is 0 Å². The summed E-state index contributed by atoms with van der Waals surface area (Å²) in [4.78, 5) is 6.38. The van der Waals surface area contributed by atoms with Crippen molar-refractivity contribution in [1.82, 2.24) is 14.5 Å². The van der Waals surface area contributed by atoms with Crippen molar-refractivity contribution >= 4 is 0 Å². The van der Waals surface area contributed by atoms with Crippen molar-refractivity contribution in [3.05, 3.63) is 67.1 Å². The summed E-state index contributed by atoms with van der Waals surface area (Å²) in [5.41, 5.74) is 4.49. The highest BCUT2D eigenvalue weighted by Crippen LogP contribution is 2.27. The molecule has 0 amide bonds. The van der Waals surface area contributed by atoms with Crippen LogP contribution in [0.15, 0.2) is 67.1 Å². The van der Waals surface area contributed by atoms with Gasteiger partial charge in [-0.05, 0) is 23.6 Å². The number of hydrogen-bond acceptors (Lipinski definition) is 3. The molecule has 1 aliphatic heterocycles. The number of hydrogen-bond donors (Lipinski definition) is 0. The van der Waals surface area contributed by atoms with Gasteiger partial charge >= 0.3 is 0 Å². The maximum absolute atomic E-state index is 9.00. The molecule has 3 aromatic rings. The zero-order chi connectivity index (χ0) is 16.4. The monoisotopic (exact) mass is 314 g/mol. The van der Waals surface area contributed by atoms with Crippen molar-refractivity contribution in [2.24, 2.45) is 0 Å². The molecule has 0 aliphatic carbocycles. The fourth-order valence-electron chi connectivity index (χ4n) is 3.25. The first-order chi connectivity index (χ1) is 11.8. The minimum atomic E-state index is 0.336. The molecule has 2 heterocycles. The van der Waals surface area contributed by atoms with Gasteiger partial charge in [0.15, 0.2) is 6.19 Å². The maximum atomic E-state index is 9.00. The number of rotatable bonds is 3. The van der Waals surface area contributed by atoms with Gasteiger partial charge in [0.05, 0.1) is 18.1 Å². The summed E-state index contributed by atoms with van der Waals surface area (Å²) < 4.78 is 2.14. The van der Waals surface area contributed by atoms with Gasteiger partial charge in [0.1, 0.15) is 0 Å². The predicted molar refractivity (Wildman–Crippen MR) is 93.9 cm³/mol. The molecular weight excluding hydrogens is 296 g/mol. The zero-order valence-electron chi connectivity index (χ0n) is 13.3. The molecule has 24 heavy (non-hydrogen) atoms. The summed E-state index contributed by atoms with van der Waals surface area (Å²) in [7, 11) is 0. The lowest BCUT2D eigenvalue weighted by Crippen LogP contribution is -2.15. The predicted octanol–water partition coefficient (Wildman–Crippen LogP) is 3.94. The van der Waals surface area contributed by atoms with Crippen LogP contribution >= 0.6 is 0 Å². The molecule has 1 atom stereocenters. The number of nitrogens with zero attached hydrogens (tertiary/aromatic N) is 4. The number of nitriles is 1. The number of aromatic nitrogens is 2. The molecule has 1 unspecified atom stereocenters. The Morgan fingerprint density at radius 1 is 1.00 bits per heavy atom. The Bertz CT molecular complexity index is 876. The smallest absolute Gasteiger partial charge is 0.179 e. The molecule has 1 aromatic heterocycles. The van der Waals surface area contributed by atoms with Gasteiger partial charge in [-0.15, -0.1) is 0 Å². The van der Waals surface area contributed by atoms with Crippen LogP contribution < -0.4 is 0 Å². The molecule has 2 aromatic carbocycles. The van der Waals surface area contributed by atoms with Crippen molar-refractivity contribution in [1.29, 1.82) is 5.26 Å². The van der Waals surface area contributed by atoms with Crippen LogP contribution in [0.2, 0.25) is 0 Å². The quantitative estimate of drug-likeness (QED) is 0.688. The van der Waals surface area contributed by atoms with Gasteiger partial charge in [-0.3, -0.25) is 0 Å². The van der Waals surface area contributed by atoms with Crippen molar-refractivity contribution in [3.8, 4) is 28.6 Å². The summed E-state index contributed by atoms with van der Waals surface area (Å²) >= 11 is 0. The summed E-state index contributed by atoms with van der Waals surface area (Å²) in [5, 5.41) is 9.00. The number of likely N-dealkylation sites (tertiary alicyclic amines) is 1. The molecule has 0 spiro atoms. The molecule has 4 heteroatoms. The third-order valence-electron chi connectivity index (χ3n) is 4.59. The van der Waals surface area contributed by atoms with Gasteiger partial charge in [0, 0.05) is 24.8 Å². The summed E-state index contributed by atoms with van der Waals surface area (Å²) in [6.45, 7) is 1.61. The Morgan fingerprint density at radius 3 is 2.58 bits per heavy atom. The first kappa shape index (κ1) is 14.5. The van der Waals surface area contributed by atoms with Crippen molar-refractivity contribution in [2.75, 3.05) is 13.1 Å². The van der Waals surface area contributed by atoms with Crippen LogP contribution in [0.1, 0.15) is 12.5 Å². The Hall–Kier alpha value is -3.06. The average molecular weight is 314 g/mol. The molecule has 0 bridgehead atoms. The minimum Gasteiger partial charge on any atom is -0.332 e. The standard InChI is InChI=1S/C20H18N4/c21-14-23-10-9-19(12-23)24-13-20(22-15-24)18-8-4-7-17(11-18)16-5-2-1-3-6-16/h1-8,11,13,15,19H,9-10,12H2. The van der Waals surface area contributed by atoms with Crippen molar-refractivity contribution < 1.29 is 0 Å². The maximum Gasteiger partial charge on any atom is 0.179 e. The van der Waals surface area contributed by atoms with Crippen LogP contribution in [0.4, 0.5) is 0 Å². The van der Waals surface area contributed by atoms with Crippen LogP contribution in [0.25, 0.3) is 22.4 Å². The van der Waals surface area contributed by atoms with E-state index in [4.69, 9.17) is 5.26 Å². The van der Waals surface area contributed by atoms with E-state index in [0.717, 1.165) is 30.8 Å². The number of benzene rings is 2. The third-order valence-corrected chi connectivity index (χ3v) is 4.59. The van der Waals surface area contributed by atoms with E-state index in [1.165, 1.54) is 11.1 Å². The summed E-state index contributed by atoms with van der Waals surface area (Å²) in [6.07, 6.45) is 7.20. The molecule has 1 saturated heterocycles. The van der Waals surface area contributed by atoms with Crippen LogP contribution in [-0.2, 0) is 0 Å². The van der Waals surface area contributed by atoms with Gasteiger partial charge < -0.3 is 9.47 Å². The number of imidazole rings is 1. The Labute approximate surface area is 141 Å². The lowest BCUT2D eigenvalue weighted by molar-refractivity contribution is 0.447. The third kappa shape index (κ3) is 2.77. The highest BCUT2D eigenvalue weighted by molar-refractivity contribution is 5.71. The second-order valence-corrected chi connectivity index (χ2v) is 6.14. The van der Waals surface area contributed by atoms with E-state index in [1.54, 1.807) is 4.90 Å².